The van der Waals surface area contributed by atoms with Crippen LogP contribution in [0.5, 0.6) is 0 Å². The monoisotopic (exact) mass is 877 g/mol. The highest BCUT2D eigenvalue weighted by Gasteiger charge is 2.47. The molecule has 12 rings (SSSR count). The second kappa shape index (κ2) is 15.0. The third-order valence-corrected chi connectivity index (χ3v) is 15.8. The molecule has 0 unspecified atom stereocenters. The van der Waals surface area contributed by atoms with Crippen LogP contribution in [0.2, 0.25) is 0 Å². The van der Waals surface area contributed by atoms with Crippen LogP contribution in [0.1, 0.15) is 87.1 Å². The van der Waals surface area contributed by atoms with Gasteiger partial charge in [0.05, 0.1) is 11.4 Å². The number of fused-ring (bicyclic) bond motifs is 9. The van der Waals surface area contributed by atoms with Crippen molar-refractivity contribution in [3.8, 4) is 0 Å². The van der Waals surface area contributed by atoms with Crippen LogP contribution in [0.25, 0.3) is 21.9 Å². The lowest BCUT2D eigenvalue weighted by molar-refractivity contribution is 0.590. The summed E-state index contributed by atoms with van der Waals surface area (Å²) in [6.45, 7) is 18.2. The Morgan fingerprint density at radius 3 is 1.83 bits per heavy atom. The molecule has 4 nitrogen and oxygen atoms in total. The number of benzene rings is 7. The predicted octanol–water partition coefficient (Wildman–Crippen LogP) is 15.3. The van der Waals surface area contributed by atoms with Crippen molar-refractivity contribution in [2.45, 2.75) is 91.9 Å². The molecule has 7 aromatic carbocycles. The van der Waals surface area contributed by atoms with E-state index >= 15 is 0 Å². The minimum absolute atomic E-state index is 0.0422. The number of hydrogen-bond acceptors (Lipinski definition) is 5. The summed E-state index contributed by atoms with van der Waals surface area (Å²) in [5.41, 5.74) is 21.9. The summed E-state index contributed by atoms with van der Waals surface area (Å²) < 4.78 is 8.52. The molecule has 66 heavy (non-hydrogen) atoms. The molecule has 0 saturated carbocycles. The lowest BCUT2D eigenvalue weighted by Gasteiger charge is -2.44. The van der Waals surface area contributed by atoms with Gasteiger partial charge in [0.1, 0.15) is 5.58 Å². The van der Waals surface area contributed by atoms with Crippen LogP contribution in [0.15, 0.2) is 150 Å². The van der Waals surface area contributed by atoms with Gasteiger partial charge in [-0.25, -0.2) is 0 Å². The normalized spacial score (nSPS) is 14.3. The second-order valence-corrected chi connectivity index (χ2v) is 22.1. The van der Waals surface area contributed by atoms with Crippen molar-refractivity contribution in [3.63, 3.8) is 0 Å². The molecule has 0 radical (unpaired) electrons. The predicted molar refractivity (Wildman–Crippen MR) is 284 cm³/mol. The summed E-state index contributed by atoms with van der Waals surface area (Å²) in [6.07, 6.45) is 4.74. The molecule has 4 heterocycles. The highest BCUT2D eigenvalue weighted by molar-refractivity contribution is 7.29. The van der Waals surface area contributed by atoms with Crippen LogP contribution in [-0.2, 0) is 23.7 Å². The summed E-state index contributed by atoms with van der Waals surface area (Å²) in [6, 6.07) is 55.0. The van der Waals surface area contributed by atoms with E-state index in [1.54, 1.807) is 10.4 Å². The fourth-order valence-corrected chi connectivity index (χ4v) is 12.6. The molecule has 6 heteroatoms. The molecule has 0 bridgehead atoms. The topological polar surface area (TPSA) is 22.9 Å². The third kappa shape index (κ3) is 6.39. The van der Waals surface area contributed by atoms with Crippen LogP contribution in [0.4, 0.5) is 51.2 Å². The molecule has 0 fully saturated rings. The van der Waals surface area contributed by atoms with Gasteiger partial charge in [-0.05, 0) is 156 Å². The molecular weight excluding hydrogens is 822 g/mol. The van der Waals surface area contributed by atoms with Gasteiger partial charge in [0, 0.05) is 60.2 Å². The quantitative estimate of drug-likeness (QED) is 0.161. The van der Waals surface area contributed by atoms with Gasteiger partial charge in [-0.15, -0.1) is 0 Å². The maximum atomic E-state index is 7.06. The van der Waals surface area contributed by atoms with E-state index in [1.165, 1.54) is 73.7 Å². The molecule has 326 valence electrons. The number of thiophene rings is 1. The average Bonchev–Trinajstić information content (AvgIpc) is 3.89. The first-order valence-corrected chi connectivity index (χ1v) is 24.7. The first kappa shape index (κ1) is 41.0. The van der Waals surface area contributed by atoms with E-state index in [1.807, 2.05) is 0 Å². The molecule has 0 spiro atoms. The van der Waals surface area contributed by atoms with Gasteiger partial charge in [-0.1, -0.05) is 120 Å². The number of para-hydroxylation sites is 3. The molecule has 0 atom stereocenters. The largest absolute Gasteiger partial charge is 0.454 e. The van der Waals surface area contributed by atoms with Crippen molar-refractivity contribution in [3.05, 3.63) is 178 Å². The van der Waals surface area contributed by atoms with E-state index < -0.39 is 0 Å². The Balaban J connectivity index is 1.15. The highest BCUT2D eigenvalue weighted by Crippen LogP contribution is 2.51. The smallest absolute Gasteiger partial charge is 0.264 e. The van der Waals surface area contributed by atoms with Crippen molar-refractivity contribution in [1.29, 1.82) is 0 Å². The van der Waals surface area contributed by atoms with E-state index in [4.69, 9.17) is 4.42 Å². The minimum Gasteiger partial charge on any atom is -0.454 e. The van der Waals surface area contributed by atoms with E-state index in [-0.39, 0.29) is 17.5 Å². The fraction of sp³-hybridized carbons (Fsp3) is 0.233. The number of hydrogen-bond donors (Lipinski definition) is 0. The Hall–Kier alpha value is -6.50. The zero-order valence-corrected chi connectivity index (χ0v) is 40.2. The second-order valence-electron chi connectivity index (χ2n) is 21.0. The molecule has 0 amide bonds. The number of nitrogens with zero attached hydrogens (tertiary/aromatic N) is 3. The molecule has 9 aromatic rings. The van der Waals surface area contributed by atoms with Crippen molar-refractivity contribution in [2.75, 3.05) is 14.7 Å². The van der Waals surface area contributed by atoms with Crippen LogP contribution in [0.3, 0.4) is 0 Å². The summed E-state index contributed by atoms with van der Waals surface area (Å²) in [4.78, 5) is 9.18. The maximum absolute atomic E-state index is 7.06. The van der Waals surface area contributed by atoms with Gasteiger partial charge in [0.25, 0.3) is 6.71 Å². The Labute approximate surface area is 394 Å². The Kier molecular flexibility index (Phi) is 9.32. The van der Waals surface area contributed by atoms with Crippen molar-refractivity contribution >= 4 is 107 Å². The first-order chi connectivity index (χ1) is 31.8. The number of aryl methyl sites for hydroxylation is 3. The molecule has 1 aliphatic carbocycles. The van der Waals surface area contributed by atoms with Crippen molar-refractivity contribution < 1.29 is 4.42 Å². The van der Waals surface area contributed by atoms with Gasteiger partial charge in [0.15, 0.2) is 5.58 Å². The summed E-state index contributed by atoms with van der Waals surface area (Å²) in [5, 5.41) is 2.28. The van der Waals surface area contributed by atoms with Gasteiger partial charge in [0.2, 0.25) is 0 Å². The van der Waals surface area contributed by atoms with Gasteiger partial charge in [-0.2, -0.15) is 11.3 Å². The zero-order chi connectivity index (χ0) is 45.2. The first-order valence-electron chi connectivity index (χ1n) is 23.8. The summed E-state index contributed by atoms with van der Waals surface area (Å²) in [7, 11) is 0. The maximum Gasteiger partial charge on any atom is 0.264 e. The van der Waals surface area contributed by atoms with Crippen molar-refractivity contribution in [1.82, 2.24) is 0 Å². The minimum atomic E-state index is 0.0422. The van der Waals surface area contributed by atoms with E-state index in [9.17, 15) is 0 Å². The van der Waals surface area contributed by atoms with Crippen LogP contribution >= 0.6 is 11.3 Å². The number of rotatable bonds is 5. The van der Waals surface area contributed by atoms with Gasteiger partial charge in [-0.3, -0.25) is 0 Å². The summed E-state index contributed by atoms with van der Waals surface area (Å²) in [5.74, 6) is 0. The lowest BCUT2D eigenvalue weighted by atomic mass is 9.36. The highest BCUT2D eigenvalue weighted by atomic mass is 32.1. The lowest BCUT2D eigenvalue weighted by Crippen LogP contribution is -2.60. The average molecular weight is 878 g/mol. The zero-order valence-electron chi connectivity index (χ0n) is 39.4. The molecule has 0 N–H and O–H groups in total. The number of furan rings is 1. The van der Waals surface area contributed by atoms with Crippen LogP contribution < -0.4 is 30.4 Å². The number of anilines is 9. The standard InChI is InChI=1S/C60H56BN3OS/c1-37-34-51-54-52(35-37)64(49-22-15-21-46-45-20-14-16-38(2)56(45)65-57(46)49)50-36-44(62(42-28-24-39(25-29-42)59(3,4)5)43-30-26-40(27-31-43)60(6,7)8)32-33-48(50)61(54)58-55(47-19-12-13-23-53(47)66-58)63(51)41-17-10-9-11-18-41/h9-11,14-18,20-22,24-36H,12-13,19,23H2,1-8H3. The Morgan fingerprint density at radius 2 is 1.17 bits per heavy atom. The Morgan fingerprint density at radius 1 is 0.561 bits per heavy atom. The fourth-order valence-electron chi connectivity index (χ4n) is 11.1. The molecule has 2 aliphatic heterocycles. The van der Waals surface area contributed by atoms with Crippen LogP contribution in [0, 0.1) is 13.8 Å². The van der Waals surface area contributed by atoms with E-state index in [0.29, 0.717) is 0 Å². The molecule has 3 aliphatic rings. The third-order valence-electron chi connectivity index (χ3n) is 14.5. The molecule has 0 saturated heterocycles. The van der Waals surface area contributed by atoms with E-state index in [0.717, 1.165) is 63.1 Å². The molecule has 2 aromatic heterocycles. The SMILES string of the molecule is Cc1cc2c3c(c1)N(c1cccc4c1oc1c(C)cccc14)c1cc(N(c4ccc(C(C)(C)C)cc4)c4ccc(C(C)(C)C)cc4)ccc1B3c1sc3c(c1N2c1ccccc1)CCCC3. The van der Waals surface area contributed by atoms with E-state index in [2.05, 4.69) is 227 Å². The summed E-state index contributed by atoms with van der Waals surface area (Å²) >= 11 is 2.07. The molecular formula is C60H56BN3OS. The van der Waals surface area contributed by atoms with Crippen LogP contribution in [-0.4, -0.2) is 6.71 Å². The van der Waals surface area contributed by atoms with Gasteiger partial charge >= 0.3 is 0 Å². The van der Waals surface area contributed by atoms with Gasteiger partial charge < -0.3 is 19.1 Å². The van der Waals surface area contributed by atoms with Crippen molar-refractivity contribution in [2.24, 2.45) is 0 Å². The Bertz CT molecular complexity index is 3310.